The average molecular weight is 297 g/mol. The van der Waals surface area contributed by atoms with Crippen LogP contribution in [0.1, 0.15) is 35.6 Å². The Bertz CT molecular complexity index is 487. The van der Waals surface area contributed by atoms with E-state index in [4.69, 9.17) is 0 Å². The van der Waals surface area contributed by atoms with E-state index in [9.17, 15) is 9.90 Å². The summed E-state index contributed by atoms with van der Waals surface area (Å²) < 4.78 is 0. The van der Waals surface area contributed by atoms with Gasteiger partial charge in [0.25, 0.3) is 0 Å². The lowest BCUT2D eigenvalue weighted by molar-refractivity contribution is 0.0700. The molecule has 1 aromatic heterocycles. The number of hydrogen-bond acceptors (Lipinski definition) is 5. The van der Waals surface area contributed by atoms with Crippen LogP contribution in [0.4, 0.5) is 5.13 Å². The molecule has 112 valence electrons. The Balaban J connectivity index is 2.22. The molecule has 0 bridgehead atoms. The number of nitrogens with zero attached hydrogens (tertiary/aromatic N) is 3. The van der Waals surface area contributed by atoms with E-state index in [1.54, 1.807) is 0 Å². The molecule has 1 aliphatic rings. The second kappa shape index (κ2) is 6.10. The summed E-state index contributed by atoms with van der Waals surface area (Å²) in [6.07, 6.45) is 1.65. The van der Waals surface area contributed by atoms with Gasteiger partial charge in [-0.15, -0.1) is 0 Å². The Labute approximate surface area is 124 Å². The number of aryl methyl sites for hydroxylation is 1. The minimum absolute atomic E-state index is 0.405. The van der Waals surface area contributed by atoms with Gasteiger partial charge >= 0.3 is 5.97 Å². The molecule has 1 saturated heterocycles. The van der Waals surface area contributed by atoms with E-state index >= 15 is 0 Å². The van der Waals surface area contributed by atoms with Crippen molar-refractivity contribution in [2.45, 2.75) is 32.7 Å². The maximum Gasteiger partial charge on any atom is 0.347 e. The smallest absolute Gasteiger partial charge is 0.347 e. The molecule has 1 aliphatic heterocycles. The van der Waals surface area contributed by atoms with Crippen molar-refractivity contribution in [2.24, 2.45) is 5.92 Å². The fraction of sp³-hybridized carbons (Fsp3) is 0.714. The zero-order valence-electron chi connectivity index (χ0n) is 12.6. The minimum atomic E-state index is -0.853. The van der Waals surface area contributed by atoms with Gasteiger partial charge < -0.3 is 14.9 Å². The van der Waals surface area contributed by atoms with Crippen LogP contribution in [0.2, 0.25) is 0 Å². The highest BCUT2D eigenvalue weighted by Gasteiger charge is 2.33. The highest BCUT2D eigenvalue weighted by Crippen LogP contribution is 2.32. The molecule has 2 rings (SSSR count). The molecule has 2 unspecified atom stereocenters. The first-order chi connectivity index (χ1) is 9.43. The number of likely N-dealkylation sites (N-methyl/N-ethyl adjacent to an activating group) is 1. The first kappa shape index (κ1) is 15.3. The number of hydrogen-bond donors (Lipinski definition) is 1. The van der Waals surface area contributed by atoms with Gasteiger partial charge in [0.15, 0.2) is 5.13 Å². The van der Waals surface area contributed by atoms with Crippen molar-refractivity contribution < 1.29 is 9.90 Å². The third-order valence-corrected chi connectivity index (χ3v) is 5.02. The summed E-state index contributed by atoms with van der Waals surface area (Å²) in [6.45, 7) is 6.15. The second-order valence-electron chi connectivity index (χ2n) is 5.74. The average Bonchev–Trinajstić information content (AvgIpc) is 2.93. The number of anilines is 1. The summed E-state index contributed by atoms with van der Waals surface area (Å²) in [4.78, 5) is 20.8. The van der Waals surface area contributed by atoms with Crippen molar-refractivity contribution in [1.82, 2.24) is 9.88 Å². The standard InChI is InChI=1S/C14H23N3O2S/c1-5-6-10-12(13(18)19)20-14(15-10)17-7-9(2)11(8-17)16(3)4/h9,11H,5-8H2,1-4H3,(H,18,19). The Hall–Kier alpha value is -1.14. The van der Waals surface area contributed by atoms with Crippen molar-refractivity contribution in [3.63, 3.8) is 0 Å². The highest BCUT2D eigenvalue weighted by molar-refractivity contribution is 7.17. The predicted molar refractivity (Wildman–Crippen MR) is 81.9 cm³/mol. The quantitative estimate of drug-likeness (QED) is 0.903. The van der Waals surface area contributed by atoms with Gasteiger partial charge in [-0.1, -0.05) is 31.6 Å². The number of carboxylic acid groups (broad SMARTS) is 1. The van der Waals surface area contributed by atoms with Crippen LogP contribution in [0.25, 0.3) is 0 Å². The maximum absolute atomic E-state index is 11.3. The van der Waals surface area contributed by atoms with E-state index in [1.165, 1.54) is 11.3 Å². The molecule has 1 fully saturated rings. The lowest BCUT2D eigenvalue weighted by Crippen LogP contribution is -2.34. The van der Waals surface area contributed by atoms with Crippen LogP contribution in [-0.2, 0) is 6.42 Å². The number of thiazole rings is 1. The number of carbonyl (C=O) groups is 1. The first-order valence-corrected chi connectivity index (χ1v) is 7.90. The molecule has 1 aromatic rings. The summed E-state index contributed by atoms with van der Waals surface area (Å²) in [5.74, 6) is -0.287. The van der Waals surface area contributed by atoms with E-state index in [-0.39, 0.29) is 0 Å². The van der Waals surface area contributed by atoms with E-state index in [1.807, 2.05) is 6.92 Å². The molecule has 6 heteroatoms. The molecule has 0 aromatic carbocycles. The number of aromatic nitrogens is 1. The van der Waals surface area contributed by atoms with E-state index in [2.05, 4.69) is 35.8 Å². The van der Waals surface area contributed by atoms with Crippen molar-refractivity contribution in [3.8, 4) is 0 Å². The van der Waals surface area contributed by atoms with Gasteiger partial charge in [0.2, 0.25) is 0 Å². The Morgan fingerprint density at radius 3 is 2.70 bits per heavy atom. The monoisotopic (exact) mass is 297 g/mol. The van der Waals surface area contributed by atoms with Crippen LogP contribution in [-0.4, -0.2) is 54.2 Å². The van der Waals surface area contributed by atoms with Crippen LogP contribution in [0, 0.1) is 5.92 Å². The topological polar surface area (TPSA) is 56.7 Å². The fourth-order valence-electron chi connectivity index (χ4n) is 2.83. The van der Waals surface area contributed by atoms with Gasteiger partial charge in [0, 0.05) is 19.1 Å². The Morgan fingerprint density at radius 1 is 1.50 bits per heavy atom. The highest BCUT2D eigenvalue weighted by atomic mass is 32.1. The molecule has 2 heterocycles. The number of carboxylic acids is 1. The van der Waals surface area contributed by atoms with Crippen LogP contribution >= 0.6 is 11.3 Å². The van der Waals surface area contributed by atoms with E-state index in [0.717, 1.165) is 36.8 Å². The van der Waals surface area contributed by atoms with Crippen LogP contribution in [0.3, 0.4) is 0 Å². The number of rotatable bonds is 5. The van der Waals surface area contributed by atoms with Gasteiger partial charge in [-0.25, -0.2) is 9.78 Å². The van der Waals surface area contributed by atoms with Gasteiger partial charge in [-0.2, -0.15) is 0 Å². The fourth-order valence-corrected chi connectivity index (χ4v) is 3.80. The van der Waals surface area contributed by atoms with Crippen molar-refractivity contribution in [1.29, 1.82) is 0 Å². The van der Waals surface area contributed by atoms with Gasteiger partial charge in [-0.3, -0.25) is 0 Å². The van der Waals surface area contributed by atoms with Crippen LogP contribution < -0.4 is 4.90 Å². The van der Waals surface area contributed by atoms with Crippen LogP contribution in [0.15, 0.2) is 0 Å². The Morgan fingerprint density at radius 2 is 2.20 bits per heavy atom. The second-order valence-corrected chi connectivity index (χ2v) is 6.72. The van der Waals surface area contributed by atoms with Crippen molar-refractivity contribution >= 4 is 22.4 Å². The summed E-state index contributed by atoms with van der Waals surface area (Å²) in [5.41, 5.74) is 0.737. The lowest BCUT2D eigenvalue weighted by atomic mass is 10.1. The molecular formula is C14H23N3O2S. The number of aromatic carboxylic acids is 1. The summed E-state index contributed by atoms with van der Waals surface area (Å²) in [5, 5.41) is 10.1. The van der Waals surface area contributed by atoms with E-state index in [0.29, 0.717) is 16.8 Å². The molecule has 2 atom stereocenters. The predicted octanol–water partition coefficient (Wildman–Crippen LogP) is 2.18. The van der Waals surface area contributed by atoms with Gasteiger partial charge in [-0.05, 0) is 26.4 Å². The Kier molecular flexibility index (Phi) is 4.65. The molecule has 0 amide bonds. The summed E-state index contributed by atoms with van der Waals surface area (Å²) in [7, 11) is 4.19. The summed E-state index contributed by atoms with van der Waals surface area (Å²) >= 11 is 1.32. The maximum atomic E-state index is 11.3. The zero-order chi connectivity index (χ0) is 14.9. The molecule has 20 heavy (non-hydrogen) atoms. The third kappa shape index (κ3) is 2.96. The van der Waals surface area contributed by atoms with Gasteiger partial charge in [0.1, 0.15) is 4.88 Å². The lowest BCUT2D eigenvalue weighted by Gasteiger charge is -2.22. The minimum Gasteiger partial charge on any atom is -0.477 e. The van der Waals surface area contributed by atoms with Crippen LogP contribution in [0.5, 0.6) is 0 Å². The molecule has 0 radical (unpaired) electrons. The van der Waals surface area contributed by atoms with E-state index < -0.39 is 5.97 Å². The molecule has 1 N–H and O–H groups in total. The molecular weight excluding hydrogens is 274 g/mol. The molecule has 0 saturated carbocycles. The molecule has 0 spiro atoms. The first-order valence-electron chi connectivity index (χ1n) is 7.08. The molecule has 5 nitrogen and oxygen atoms in total. The third-order valence-electron chi connectivity index (χ3n) is 3.87. The largest absolute Gasteiger partial charge is 0.477 e. The summed E-state index contributed by atoms with van der Waals surface area (Å²) in [6, 6.07) is 0.502. The SMILES string of the molecule is CCCc1nc(N2CC(C)C(N(C)C)C2)sc1C(=O)O. The zero-order valence-corrected chi connectivity index (χ0v) is 13.4. The van der Waals surface area contributed by atoms with Crippen molar-refractivity contribution in [2.75, 3.05) is 32.1 Å². The van der Waals surface area contributed by atoms with Crippen molar-refractivity contribution in [3.05, 3.63) is 10.6 Å². The van der Waals surface area contributed by atoms with Gasteiger partial charge in [0.05, 0.1) is 5.69 Å². The molecule has 0 aliphatic carbocycles. The normalized spacial score (nSPS) is 22.8.